The van der Waals surface area contributed by atoms with Gasteiger partial charge in [-0.3, -0.25) is 0 Å². The molecule has 0 aliphatic carbocycles. The lowest BCUT2D eigenvalue weighted by atomic mass is 10.2. The molecule has 0 atom stereocenters. The molecule has 1 nitrogen and oxygen atoms in total. The molecule has 1 aromatic rings. The molecule has 1 aromatic carbocycles. The Morgan fingerprint density at radius 3 is 1.53 bits per heavy atom. The number of nitriles is 1. The molecule has 0 amide bonds. The first-order valence-electron chi connectivity index (χ1n) is 4.68. The zero-order valence-corrected chi connectivity index (χ0v) is 9.47. The fourth-order valence-electron chi connectivity index (χ4n) is 0.589. The molecule has 0 unspecified atom stereocenters. The van der Waals surface area contributed by atoms with E-state index >= 15 is 0 Å². The Bertz CT molecular complexity index is 336. The van der Waals surface area contributed by atoms with E-state index in [2.05, 4.69) is 26.3 Å². The zero-order valence-electron chi connectivity index (χ0n) is 9.47. The van der Waals surface area contributed by atoms with Crippen LogP contribution in [0, 0.1) is 11.3 Å². The van der Waals surface area contributed by atoms with Crippen molar-refractivity contribution in [3.8, 4) is 6.07 Å². The smallest absolute Gasteiger partial charge is 0.0905 e. The number of rotatable bonds is 2. The molecule has 1 rings (SSSR count). The van der Waals surface area contributed by atoms with Crippen molar-refractivity contribution in [3.63, 3.8) is 0 Å². The van der Waals surface area contributed by atoms with E-state index in [4.69, 9.17) is 5.26 Å². The fraction of sp³-hybridized carbons (Fsp3) is 0.0625. The molecular formula is C16H21N. The third-order valence-electron chi connectivity index (χ3n) is 1.29. The predicted octanol–water partition coefficient (Wildman–Crippen LogP) is 5.02. The lowest BCUT2D eigenvalue weighted by Crippen LogP contribution is -1.63. The number of benzene rings is 1. The van der Waals surface area contributed by atoms with E-state index in [9.17, 15) is 0 Å². The van der Waals surface area contributed by atoms with Gasteiger partial charge in [0.2, 0.25) is 0 Å². The summed E-state index contributed by atoms with van der Waals surface area (Å²) in [5, 5.41) is 7.51. The Labute approximate surface area is 106 Å². The van der Waals surface area contributed by atoms with E-state index < -0.39 is 0 Å². The van der Waals surface area contributed by atoms with Gasteiger partial charge in [0.05, 0.1) is 6.07 Å². The molecule has 0 aliphatic heterocycles. The summed E-state index contributed by atoms with van der Waals surface area (Å²) in [7, 11) is 0. The van der Waals surface area contributed by atoms with Crippen molar-refractivity contribution in [1.82, 2.24) is 0 Å². The Balaban J connectivity index is -0.000000189. The van der Waals surface area contributed by atoms with E-state index in [0.717, 1.165) is 0 Å². The second-order valence-electron chi connectivity index (χ2n) is 2.42. The highest BCUT2D eigenvalue weighted by Crippen LogP contribution is 1.97. The van der Waals surface area contributed by atoms with Gasteiger partial charge >= 0.3 is 0 Å². The second kappa shape index (κ2) is 19.3. The Hall–Kier alpha value is -2.33. The predicted molar refractivity (Wildman–Crippen MR) is 79.5 cm³/mol. The van der Waals surface area contributed by atoms with Crippen molar-refractivity contribution in [2.24, 2.45) is 0 Å². The van der Waals surface area contributed by atoms with Gasteiger partial charge < -0.3 is 0 Å². The third kappa shape index (κ3) is 19.9. The summed E-state index contributed by atoms with van der Waals surface area (Å²) < 4.78 is 0. The van der Waals surface area contributed by atoms with Gasteiger partial charge in [0.25, 0.3) is 0 Å². The summed E-state index contributed by atoms with van der Waals surface area (Å²) in [5.74, 6) is 0. The van der Waals surface area contributed by atoms with Gasteiger partial charge in [-0.25, -0.2) is 0 Å². The van der Waals surface area contributed by atoms with Crippen LogP contribution in [0.5, 0.6) is 0 Å². The van der Waals surface area contributed by atoms with Crippen molar-refractivity contribution < 1.29 is 0 Å². The number of hydrogen-bond donors (Lipinski definition) is 0. The molecule has 0 N–H and O–H groups in total. The Morgan fingerprint density at radius 1 is 0.941 bits per heavy atom. The molecule has 0 fully saturated rings. The standard InChI is InChI=1S/C8H8.C4H6.C3H3N.CH4/c1-2-8-6-4-3-5-7-8;1-3-4-2;1-2-3-4;/h2-7H,1H2;3-4H,1-2H2;2H,1H2;1H4. The van der Waals surface area contributed by atoms with Crippen LogP contribution in [0.25, 0.3) is 6.08 Å². The first-order valence-corrected chi connectivity index (χ1v) is 4.68. The molecule has 1 heteroatoms. The average molecular weight is 227 g/mol. The summed E-state index contributed by atoms with van der Waals surface area (Å²) in [6.07, 6.45) is 6.29. The van der Waals surface area contributed by atoms with E-state index in [1.54, 1.807) is 18.2 Å². The molecular weight excluding hydrogens is 206 g/mol. The molecule has 0 radical (unpaired) electrons. The van der Waals surface area contributed by atoms with Crippen LogP contribution in [-0.2, 0) is 0 Å². The van der Waals surface area contributed by atoms with Crippen LogP contribution in [0.2, 0.25) is 0 Å². The molecule has 0 bridgehead atoms. The van der Waals surface area contributed by atoms with Crippen LogP contribution in [0.4, 0.5) is 0 Å². The van der Waals surface area contributed by atoms with Crippen LogP contribution in [-0.4, -0.2) is 0 Å². The highest BCUT2D eigenvalue weighted by Gasteiger charge is 1.75. The summed E-state index contributed by atoms with van der Waals surface area (Å²) in [5.41, 5.74) is 1.17. The molecule has 0 heterocycles. The van der Waals surface area contributed by atoms with Gasteiger partial charge in [0.15, 0.2) is 0 Å². The normalized spacial score (nSPS) is 6.06. The van der Waals surface area contributed by atoms with E-state index in [0.29, 0.717) is 0 Å². The monoisotopic (exact) mass is 227 g/mol. The van der Waals surface area contributed by atoms with Crippen LogP contribution in [0.3, 0.4) is 0 Å². The van der Waals surface area contributed by atoms with Crippen molar-refractivity contribution >= 4 is 6.08 Å². The van der Waals surface area contributed by atoms with E-state index in [1.165, 1.54) is 11.6 Å². The fourth-order valence-corrected chi connectivity index (χ4v) is 0.589. The Kier molecular flexibility index (Phi) is 22.8. The molecule has 17 heavy (non-hydrogen) atoms. The summed E-state index contributed by atoms with van der Waals surface area (Å²) >= 11 is 0. The topological polar surface area (TPSA) is 23.8 Å². The van der Waals surface area contributed by atoms with Gasteiger partial charge in [0.1, 0.15) is 0 Å². The van der Waals surface area contributed by atoms with Crippen molar-refractivity contribution in [2.75, 3.05) is 0 Å². The van der Waals surface area contributed by atoms with Crippen molar-refractivity contribution in [1.29, 1.82) is 5.26 Å². The van der Waals surface area contributed by atoms with Crippen LogP contribution in [0.15, 0.2) is 74.9 Å². The lowest BCUT2D eigenvalue weighted by Gasteiger charge is -1.85. The van der Waals surface area contributed by atoms with Crippen molar-refractivity contribution in [2.45, 2.75) is 7.43 Å². The van der Waals surface area contributed by atoms with Gasteiger partial charge in [-0.05, 0) is 5.56 Å². The summed E-state index contributed by atoms with van der Waals surface area (Å²) in [6, 6.07) is 11.7. The molecule has 0 aliphatic rings. The first-order chi connectivity index (χ1) is 7.76. The summed E-state index contributed by atoms with van der Waals surface area (Å²) in [4.78, 5) is 0. The highest BCUT2D eigenvalue weighted by molar-refractivity contribution is 5.45. The number of hydrogen-bond acceptors (Lipinski definition) is 1. The average Bonchev–Trinajstić information content (AvgIpc) is 2.40. The van der Waals surface area contributed by atoms with Gasteiger partial charge in [0, 0.05) is 6.08 Å². The van der Waals surface area contributed by atoms with Gasteiger partial charge in [-0.2, -0.15) is 5.26 Å². The minimum Gasteiger partial charge on any atom is -0.193 e. The van der Waals surface area contributed by atoms with Crippen LogP contribution < -0.4 is 0 Å². The van der Waals surface area contributed by atoms with E-state index in [-0.39, 0.29) is 7.43 Å². The minimum absolute atomic E-state index is 0. The highest BCUT2D eigenvalue weighted by atomic mass is 14.2. The number of allylic oxidation sites excluding steroid dienone is 3. The van der Waals surface area contributed by atoms with Crippen LogP contribution >= 0.6 is 0 Å². The molecule has 0 saturated heterocycles. The maximum Gasteiger partial charge on any atom is 0.0905 e. The van der Waals surface area contributed by atoms with Gasteiger partial charge in [-0.15, -0.1) is 0 Å². The minimum atomic E-state index is 0. The summed E-state index contributed by atoms with van der Waals surface area (Å²) in [6.45, 7) is 13.5. The Morgan fingerprint density at radius 2 is 1.35 bits per heavy atom. The molecule has 90 valence electrons. The largest absolute Gasteiger partial charge is 0.193 e. The maximum absolute atomic E-state index is 7.51. The molecule has 0 saturated carbocycles. The van der Waals surface area contributed by atoms with Crippen LogP contribution in [0.1, 0.15) is 13.0 Å². The first kappa shape index (κ1) is 20.1. The quantitative estimate of drug-likeness (QED) is 0.514. The molecule has 0 spiro atoms. The maximum atomic E-state index is 7.51. The SMILES string of the molecule is C.C=CC#N.C=CC=C.C=Cc1ccccc1. The van der Waals surface area contributed by atoms with E-state index in [1.807, 2.05) is 36.4 Å². The lowest BCUT2D eigenvalue weighted by molar-refractivity contribution is 1.54. The zero-order chi connectivity index (χ0) is 12.6. The second-order valence-corrected chi connectivity index (χ2v) is 2.42. The third-order valence-corrected chi connectivity index (χ3v) is 1.29. The van der Waals surface area contributed by atoms with Gasteiger partial charge in [-0.1, -0.05) is 82.3 Å². The number of nitrogens with zero attached hydrogens (tertiary/aromatic N) is 1. The van der Waals surface area contributed by atoms with Crippen molar-refractivity contribution in [3.05, 3.63) is 80.4 Å². The molecule has 0 aromatic heterocycles.